The Morgan fingerprint density at radius 2 is 1.91 bits per heavy atom. The molecule has 2 nitrogen and oxygen atoms in total. The molecule has 1 aromatic rings. The van der Waals surface area contributed by atoms with Crippen LogP contribution in [-0.2, 0) is 6.54 Å². The smallest absolute Gasteiger partial charge is 0.0114 e. The summed E-state index contributed by atoms with van der Waals surface area (Å²) in [5.74, 6) is 0. The number of rotatable bonds is 3. The largest absolute Gasteiger partial charge is 0.785 e. The fraction of sp³-hybridized carbons (Fsp3) is 0.333. The van der Waals surface area contributed by atoms with Crippen molar-refractivity contribution >= 4 is 0 Å². The summed E-state index contributed by atoms with van der Waals surface area (Å²) in [4.78, 5) is 0. The van der Waals surface area contributed by atoms with Crippen molar-refractivity contribution in [2.75, 3.05) is 6.54 Å². The van der Waals surface area contributed by atoms with Crippen LogP contribution >= 0.6 is 0 Å². The van der Waals surface area contributed by atoms with E-state index < -0.39 is 0 Å². The lowest BCUT2D eigenvalue weighted by molar-refractivity contribution is 0.392. The zero-order valence-corrected chi connectivity index (χ0v) is 6.66. The van der Waals surface area contributed by atoms with Gasteiger partial charge in [0.05, 0.1) is 0 Å². The molecule has 0 aromatic heterocycles. The van der Waals surface area contributed by atoms with Gasteiger partial charge in [0.15, 0.2) is 0 Å². The molecule has 0 aliphatic rings. The molecule has 0 atom stereocenters. The summed E-state index contributed by atoms with van der Waals surface area (Å²) in [6.45, 7) is 2.90. The van der Waals surface area contributed by atoms with Crippen molar-refractivity contribution < 1.29 is 0 Å². The third-order valence-electron chi connectivity index (χ3n) is 1.55. The predicted molar refractivity (Wildman–Crippen MR) is 45.9 cm³/mol. The maximum Gasteiger partial charge on any atom is 0.0114 e. The second kappa shape index (κ2) is 4.11. The van der Waals surface area contributed by atoms with Crippen molar-refractivity contribution in [2.24, 2.45) is 0 Å². The Labute approximate surface area is 67.0 Å². The molecule has 1 rings (SSSR count). The number of hydrogen-bond acceptors (Lipinski definition) is 2. The Bertz CT molecular complexity index is 198. The first kappa shape index (κ1) is 8.24. The van der Waals surface area contributed by atoms with Crippen LogP contribution < -0.4 is 0 Å². The zero-order chi connectivity index (χ0) is 8.10. The molecule has 11 heavy (non-hydrogen) atoms. The lowest BCUT2D eigenvalue weighted by atomic mass is 10.2. The average Bonchev–Trinajstić information content (AvgIpc) is 2.06. The van der Waals surface area contributed by atoms with Gasteiger partial charge in [0.1, 0.15) is 0 Å². The van der Waals surface area contributed by atoms with E-state index >= 15 is 0 Å². The Morgan fingerprint density at radius 1 is 1.27 bits per heavy atom. The van der Waals surface area contributed by atoms with Crippen LogP contribution in [0.4, 0.5) is 0 Å². The van der Waals surface area contributed by atoms with Crippen LogP contribution in [0.2, 0.25) is 0 Å². The highest BCUT2D eigenvalue weighted by molar-refractivity contribution is 5.14. The Hall–Kier alpha value is -0.860. The minimum Gasteiger partial charge on any atom is -0.785 e. The maximum absolute atomic E-state index is 10.9. The fourth-order valence-corrected chi connectivity index (χ4v) is 0.899. The molecule has 1 aromatic carbocycles. The molecule has 0 N–H and O–H groups in total. The van der Waals surface area contributed by atoms with Crippen LogP contribution in [0.3, 0.4) is 0 Å². The fourth-order valence-electron chi connectivity index (χ4n) is 0.899. The van der Waals surface area contributed by atoms with Gasteiger partial charge in [-0.1, -0.05) is 37.3 Å². The molecule has 0 spiro atoms. The summed E-state index contributed by atoms with van der Waals surface area (Å²) < 4.78 is 0. The van der Waals surface area contributed by atoms with Crippen LogP contribution in [0, 0.1) is 5.21 Å². The highest BCUT2D eigenvalue weighted by Gasteiger charge is 1.89. The van der Waals surface area contributed by atoms with E-state index in [2.05, 4.69) is 0 Å². The molecule has 0 unspecified atom stereocenters. The van der Waals surface area contributed by atoms with Crippen LogP contribution in [0.1, 0.15) is 12.5 Å². The molecule has 0 fully saturated rings. The standard InChI is InChI=1S/C9H12NO/c1-2-10(11)8-9-6-4-3-5-7-9/h3-7H,2,8H2,1H3/q-1. The topological polar surface area (TPSA) is 26.3 Å². The minimum absolute atomic E-state index is 0.497. The van der Waals surface area contributed by atoms with E-state index in [1.807, 2.05) is 37.3 Å². The van der Waals surface area contributed by atoms with Crippen molar-refractivity contribution in [1.29, 1.82) is 0 Å². The quantitative estimate of drug-likeness (QED) is 0.616. The first-order valence-electron chi connectivity index (χ1n) is 3.79. The molecule has 2 heteroatoms. The molecule has 0 heterocycles. The van der Waals surface area contributed by atoms with Gasteiger partial charge in [-0.05, 0) is 12.1 Å². The van der Waals surface area contributed by atoms with E-state index in [0.29, 0.717) is 13.1 Å². The molecular weight excluding hydrogens is 138 g/mol. The van der Waals surface area contributed by atoms with Gasteiger partial charge in [0.2, 0.25) is 0 Å². The minimum atomic E-state index is 0.497. The molecule has 0 radical (unpaired) electrons. The van der Waals surface area contributed by atoms with Crippen molar-refractivity contribution in [2.45, 2.75) is 13.5 Å². The lowest BCUT2D eigenvalue weighted by Gasteiger charge is -2.25. The highest BCUT2D eigenvalue weighted by Crippen LogP contribution is 2.01. The van der Waals surface area contributed by atoms with Gasteiger partial charge < -0.3 is 10.3 Å². The summed E-state index contributed by atoms with van der Waals surface area (Å²) in [5, 5.41) is 11.9. The summed E-state index contributed by atoms with van der Waals surface area (Å²) in [5.41, 5.74) is 1.07. The molecule has 0 saturated heterocycles. The molecular formula is C9H12NO-. The molecule has 60 valence electrons. The summed E-state index contributed by atoms with van der Waals surface area (Å²) in [6.07, 6.45) is 0. The van der Waals surface area contributed by atoms with E-state index in [1.54, 1.807) is 0 Å². The van der Waals surface area contributed by atoms with E-state index in [0.717, 1.165) is 10.6 Å². The molecule has 0 amide bonds. The van der Waals surface area contributed by atoms with Crippen LogP contribution in [0.25, 0.3) is 0 Å². The van der Waals surface area contributed by atoms with Gasteiger partial charge >= 0.3 is 0 Å². The van der Waals surface area contributed by atoms with Gasteiger partial charge in [-0.15, -0.1) is 0 Å². The lowest BCUT2D eigenvalue weighted by Crippen LogP contribution is -2.14. The summed E-state index contributed by atoms with van der Waals surface area (Å²) in [6, 6.07) is 9.75. The van der Waals surface area contributed by atoms with Gasteiger partial charge in [-0.25, -0.2) is 0 Å². The highest BCUT2D eigenvalue weighted by atomic mass is 16.5. The van der Waals surface area contributed by atoms with Gasteiger partial charge in [0, 0.05) is 6.54 Å². The first-order valence-corrected chi connectivity index (χ1v) is 3.79. The first-order chi connectivity index (χ1) is 5.33. The zero-order valence-electron chi connectivity index (χ0n) is 6.66. The Balaban J connectivity index is 2.51. The van der Waals surface area contributed by atoms with E-state index in [1.165, 1.54) is 0 Å². The molecule has 0 aliphatic carbocycles. The predicted octanol–water partition coefficient (Wildman–Crippen LogP) is 2.01. The van der Waals surface area contributed by atoms with Crippen LogP contribution in [0.15, 0.2) is 30.3 Å². The number of hydroxylamine groups is 2. The van der Waals surface area contributed by atoms with Crippen LogP contribution in [-0.4, -0.2) is 11.6 Å². The van der Waals surface area contributed by atoms with Gasteiger partial charge in [-0.3, -0.25) is 0 Å². The van der Waals surface area contributed by atoms with Gasteiger partial charge in [0.25, 0.3) is 0 Å². The average molecular weight is 150 g/mol. The normalized spacial score (nSPS) is 10.5. The SMILES string of the molecule is CCN([O-])Cc1ccccc1. The van der Waals surface area contributed by atoms with E-state index in [4.69, 9.17) is 0 Å². The van der Waals surface area contributed by atoms with Crippen molar-refractivity contribution in [1.82, 2.24) is 5.06 Å². The monoisotopic (exact) mass is 150 g/mol. The number of benzene rings is 1. The Morgan fingerprint density at radius 3 is 2.45 bits per heavy atom. The van der Waals surface area contributed by atoms with Crippen LogP contribution in [0.5, 0.6) is 0 Å². The third kappa shape index (κ3) is 2.70. The summed E-state index contributed by atoms with van der Waals surface area (Å²) in [7, 11) is 0. The molecule has 0 saturated carbocycles. The van der Waals surface area contributed by atoms with E-state index in [9.17, 15) is 5.21 Å². The van der Waals surface area contributed by atoms with Crippen molar-refractivity contribution in [3.8, 4) is 0 Å². The van der Waals surface area contributed by atoms with E-state index in [-0.39, 0.29) is 0 Å². The van der Waals surface area contributed by atoms with Crippen molar-refractivity contribution in [3.05, 3.63) is 41.1 Å². The molecule has 0 bridgehead atoms. The second-order valence-corrected chi connectivity index (χ2v) is 2.44. The maximum atomic E-state index is 10.9. The molecule has 0 aliphatic heterocycles. The third-order valence-corrected chi connectivity index (χ3v) is 1.55. The number of hydrogen-bond donors (Lipinski definition) is 0. The second-order valence-electron chi connectivity index (χ2n) is 2.44. The van der Waals surface area contributed by atoms with Gasteiger partial charge in [-0.2, -0.15) is 0 Å². The Kier molecular flexibility index (Phi) is 3.08. The van der Waals surface area contributed by atoms with Crippen molar-refractivity contribution in [3.63, 3.8) is 0 Å². The summed E-state index contributed by atoms with van der Waals surface area (Å²) >= 11 is 0. The number of nitrogens with zero attached hydrogens (tertiary/aromatic N) is 1.